The monoisotopic (exact) mass is 674 g/mol. The van der Waals surface area contributed by atoms with Gasteiger partial charge in [-0.2, -0.15) is 0 Å². The molecule has 3 N–H and O–H groups in total. The van der Waals surface area contributed by atoms with E-state index in [0.29, 0.717) is 24.8 Å². The summed E-state index contributed by atoms with van der Waals surface area (Å²) in [7, 11) is 0. The summed E-state index contributed by atoms with van der Waals surface area (Å²) >= 11 is 0. The predicted molar refractivity (Wildman–Crippen MR) is 190 cm³/mol. The van der Waals surface area contributed by atoms with Crippen molar-refractivity contribution in [2.24, 2.45) is 11.8 Å². The molecular formula is C40H54N2O7. The molecule has 2 amide bonds. The smallest absolute Gasteiger partial charge is 0.326 e. The van der Waals surface area contributed by atoms with E-state index in [1.54, 1.807) is 19.1 Å². The zero-order valence-corrected chi connectivity index (χ0v) is 29.4. The van der Waals surface area contributed by atoms with E-state index in [1.165, 1.54) is 5.56 Å². The number of amides is 2. The van der Waals surface area contributed by atoms with Crippen molar-refractivity contribution in [2.45, 2.75) is 129 Å². The Morgan fingerprint density at radius 1 is 0.857 bits per heavy atom. The number of nitrogens with one attached hydrogen (secondary N) is 2. The Bertz CT molecular complexity index is 1420. The highest BCUT2D eigenvalue weighted by Gasteiger charge is 2.31. The number of ketones is 3. The van der Waals surface area contributed by atoms with Crippen molar-refractivity contribution in [3.63, 3.8) is 0 Å². The molecule has 4 atom stereocenters. The second kappa shape index (κ2) is 20.4. The van der Waals surface area contributed by atoms with E-state index in [9.17, 15) is 33.9 Å². The Hall–Kier alpha value is -4.14. The number of rotatable bonds is 14. The zero-order chi connectivity index (χ0) is 35.8. The topological polar surface area (TPSA) is 147 Å². The van der Waals surface area contributed by atoms with Gasteiger partial charge in [-0.25, -0.2) is 4.79 Å². The fourth-order valence-electron chi connectivity index (χ4n) is 6.21. The summed E-state index contributed by atoms with van der Waals surface area (Å²) < 4.78 is 0. The third-order valence-corrected chi connectivity index (χ3v) is 9.46. The Morgan fingerprint density at radius 2 is 1.51 bits per heavy atom. The molecule has 3 rings (SSSR count). The number of carboxylic acid groups (broad SMARTS) is 1. The van der Waals surface area contributed by atoms with E-state index in [0.717, 1.165) is 49.7 Å². The van der Waals surface area contributed by atoms with Crippen LogP contribution in [0.25, 0.3) is 11.1 Å². The molecule has 1 heterocycles. The summed E-state index contributed by atoms with van der Waals surface area (Å²) in [4.78, 5) is 77.7. The SMILES string of the molecule is CCCCC[C@H](CC(=O)c1ccc(-c2ccc(CCCC)cc2)cc1)C(=O)N[C@H]1CCC(=O)CCCC[C@@H](C(=O)O)NC(=O)[C@H](C)CC1=O. The number of hydrogen-bond donors (Lipinski definition) is 3. The highest BCUT2D eigenvalue weighted by Crippen LogP contribution is 2.24. The van der Waals surface area contributed by atoms with Crippen molar-refractivity contribution < 1.29 is 33.9 Å². The summed E-state index contributed by atoms with van der Waals surface area (Å²) in [6.07, 6.45) is 7.69. The molecule has 1 saturated heterocycles. The molecule has 2 aromatic rings. The van der Waals surface area contributed by atoms with Crippen molar-refractivity contribution in [1.82, 2.24) is 10.6 Å². The van der Waals surface area contributed by atoms with E-state index in [-0.39, 0.29) is 50.1 Å². The first-order valence-corrected chi connectivity index (χ1v) is 18.1. The van der Waals surface area contributed by atoms with Gasteiger partial charge < -0.3 is 15.7 Å². The molecule has 2 aromatic carbocycles. The number of aliphatic carboxylic acids is 1. The maximum absolute atomic E-state index is 13.7. The molecule has 1 fully saturated rings. The molecule has 0 aromatic heterocycles. The molecule has 0 bridgehead atoms. The van der Waals surface area contributed by atoms with Gasteiger partial charge in [0.2, 0.25) is 11.8 Å². The van der Waals surface area contributed by atoms with Crippen LogP contribution in [0.5, 0.6) is 0 Å². The van der Waals surface area contributed by atoms with Crippen LogP contribution in [0.1, 0.15) is 127 Å². The van der Waals surface area contributed by atoms with Crippen molar-refractivity contribution in [2.75, 3.05) is 0 Å². The summed E-state index contributed by atoms with van der Waals surface area (Å²) in [6.45, 7) is 5.78. The number of carboxylic acids is 1. The van der Waals surface area contributed by atoms with Gasteiger partial charge in [0.05, 0.1) is 6.04 Å². The second-order valence-electron chi connectivity index (χ2n) is 13.6. The molecule has 1 aliphatic heterocycles. The van der Waals surface area contributed by atoms with Crippen molar-refractivity contribution >= 4 is 35.1 Å². The van der Waals surface area contributed by atoms with Crippen LogP contribution in [-0.2, 0) is 30.4 Å². The fraction of sp³-hybridized carbons (Fsp3) is 0.550. The predicted octanol–water partition coefficient (Wildman–Crippen LogP) is 7.04. The number of benzene rings is 2. The average molecular weight is 675 g/mol. The number of carbonyl (C=O) groups is 6. The number of unbranched alkanes of at least 4 members (excludes halogenated alkanes) is 3. The van der Waals surface area contributed by atoms with Crippen LogP contribution in [-0.4, -0.2) is 52.3 Å². The van der Waals surface area contributed by atoms with Gasteiger partial charge in [0.25, 0.3) is 0 Å². The fourth-order valence-corrected chi connectivity index (χ4v) is 6.21. The standard InChI is InChI=1S/C40H54N2O7/c1-4-6-8-12-32(26-36(44)31-21-19-30(20-22-31)29-17-15-28(16-18-29)11-7-5-2)39(47)41-34-24-23-33(43)13-9-10-14-35(40(48)49)42-38(46)27(3)25-37(34)45/h15-22,27,32,34-35H,4-14,23-26H2,1-3H3,(H,41,47)(H,42,46)(H,48,49)/t27-,32-,34+,35+/m1/s1. The van der Waals surface area contributed by atoms with Gasteiger partial charge in [-0.1, -0.05) is 101 Å². The zero-order valence-electron chi connectivity index (χ0n) is 29.4. The summed E-state index contributed by atoms with van der Waals surface area (Å²) in [6, 6.07) is 13.8. The number of carbonyl (C=O) groups excluding carboxylic acids is 5. The number of aryl methyl sites for hydroxylation is 1. The molecule has 9 nitrogen and oxygen atoms in total. The Labute approximate surface area is 291 Å². The van der Waals surface area contributed by atoms with Gasteiger partial charge in [0.15, 0.2) is 11.6 Å². The molecule has 266 valence electrons. The molecule has 1 aliphatic rings. The lowest BCUT2D eigenvalue weighted by molar-refractivity contribution is -0.142. The van der Waals surface area contributed by atoms with Gasteiger partial charge in [0.1, 0.15) is 11.8 Å². The lowest BCUT2D eigenvalue weighted by Gasteiger charge is -2.24. The molecule has 0 radical (unpaired) electrons. The Morgan fingerprint density at radius 3 is 2.14 bits per heavy atom. The molecular weight excluding hydrogens is 620 g/mol. The normalized spacial score (nSPS) is 20.1. The lowest BCUT2D eigenvalue weighted by Crippen LogP contribution is -2.47. The van der Waals surface area contributed by atoms with Gasteiger partial charge >= 0.3 is 5.97 Å². The number of hydrogen-bond acceptors (Lipinski definition) is 6. The van der Waals surface area contributed by atoms with E-state index in [1.807, 2.05) is 12.1 Å². The van der Waals surface area contributed by atoms with Crippen LogP contribution in [0.2, 0.25) is 0 Å². The first-order chi connectivity index (χ1) is 23.5. The van der Waals surface area contributed by atoms with Gasteiger partial charge in [0, 0.05) is 43.1 Å². The van der Waals surface area contributed by atoms with Gasteiger partial charge in [-0.15, -0.1) is 0 Å². The van der Waals surface area contributed by atoms with Crippen molar-refractivity contribution in [3.05, 3.63) is 59.7 Å². The number of Topliss-reactive ketones (excluding diaryl/α,β-unsaturated/α-hetero) is 3. The summed E-state index contributed by atoms with van der Waals surface area (Å²) in [5.41, 5.74) is 3.88. The Balaban J connectivity index is 1.72. The van der Waals surface area contributed by atoms with Gasteiger partial charge in [-0.3, -0.25) is 24.0 Å². The van der Waals surface area contributed by atoms with E-state index < -0.39 is 47.5 Å². The third kappa shape index (κ3) is 13.0. The van der Waals surface area contributed by atoms with Crippen molar-refractivity contribution in [1.29, 1.82) is 0 Å². The lowest BCUT2D eigenvalue weighted by atomic mass is 9.90. The minimum absolute atomic E-state index is 0.0176. The molecule has 0 aliphatic carbocycles. The molecule has 0 saturated carbocycles. The molecule has 9 heteroatoms. The molecule has 49 heavy (non-hydrogen) atoms. The van der Waals surface area contributed by atoms with Crippen LogP contribution >= 0.6 is 0 Å². The van der Waals surface area contributed by atoms with Gasteiger partial charge in [-0.05, 0) is 55.2 Å². The third-order valence-electron chi connectivity index (χ3n) is 9.46. The van der Waals surface area contributed by atoms with E-state index in [4.69, 9.17) is 0 Å². The average Bonchev–Trinajstić information content (AvgIpc) is 3.09. The van der Waals surface area contributed by atoms with Crippen LogP contribution in [0.4, 0.5) is 0 Å². The molecule has 0 spiro atoms. The Kier molecular flexibility index (Phi) is 16.4. The quantitative estimate of drug-likeness (QED) is 0.144. The van der Waals surface area contributed by atoms with Crippen LogP contribution < -0.4 is 10.6 Å². The highest BCUT2D eigenvalue weighted by molar-refractivity contribution is 6.00. The van der Waals surface area contributed by atoms with E-state index >= 15 is 0 Å². The maximum Gasteiger partial charge on any atom is 0.326 e. The minimum atomic E-state index is -1.16. The van der Waals surface area contributed by atoms with E-state index in [2.05, 4.69) is 48.7 Å². The molecule has 0 unspecified atom stereocenters. The maximum atomic E-state index is 13.7. The van der Waals surface area contributed by atoms with Crippen molar-refractivity contribution in [3.8, 4) is 11.1 Å². The first-order valence-electron chi connectivity index (χ1n) is 18.1. The summed E-state index contributed by atoms with van der Waals surface area (Å²) in [5.74, 6) is -4.25. The summed E-state index contributed by atoms with van der Waals surface area (Å²) in [5, 5.41) is 14.9. The van der Waals surface area contributed by atoms with Crippen LogP contribution in [0.3, 0.4) is 0 Å². The highest BCUT2D eigenvalue weighted by atomic mass is 16.4. The van der Waals surface area contributed by atoms with Crippen LogP contribution in [0, 0.1) is 11.8 Å². The minimum Gasteiger partial charge on any atom is -0.480 e. The first kappa shape index (κ1) is 39.3. The second-order valence-corrected chi connectivity index (χ2v) is 13.6. The largest absolute Gasteiger partial charge is 0.480 e. The van der Waals surface area contributed by atoms with Crippen LogP contribution in [0.15, 0.2) is 48.5 Å².